The molecule has 0 unspecified atom stereocenters. The van der Waals surface area contributed by atoms with Gasteiger partial charge in [0.05, 0.1) is 0 Å². The molecule has 1 aromatic carbocycles. The maximum Gasteiger partial charge on any atom is 0.109 e. The van der Waals surface area contributed by atoms with Crippen LogP contribution in [0.2, 0.25) is 0 Å². The summed E-state index contributed by atoms with van der Waals surface area (Å²) in [5.41, 5.74) is 1.33. The van der Waals surface area contributed by atoms with E-state index in [1.54, 1.807) is 0 Å². The maximum atomic E-state index is 4.30. The SMILES string of the molecule is Cn1ccnc1CCNCc1cccc(I)c1. The van der Waals surface area contributed by atoms with Crippen LogP contribution in [0.25, 0.3) is 0 Å². The van der Waals surface area contributed by atoms with E-state index in [0.717, 1.165) is 25.3 Å². The molecule has 0 bridgehead atoms. The normalized spacial score (nSPS) is 10.7. The van der Waals surface area contributed by atoms with Gasteiger partial charge >= 0.3 is 0 Å². The number of aryl methyl sites for hydroxylation is 1. The van der Waals surface area contributed by atoms with Crippen molar-refractivity contribution in [1.29, 1.82) is 0 Å². The van der Waals surface area contributed by atoms with Crippen LogP contribution >= 0.6 is 22.6 Å². The second-order valence-electron chi connectivity index (χ2n) is 4.01. The van der Waals surface area contributed by atoms with Crippen molar-refractivity contribution in [2.45, 2.75) is 13.0 Å². The molecule has 1 aromatic heterocycles. The van der Waals surface area contributed by atoms with Crippen LogP contribution < -0.4 is 5.32 Å². The van der Waals surface area contributed by atoms with Gasteiger partial charge in [-0.15, -0.1) is 0 Å². The highest BCUT2D eigenvalue weighted by atomic mass is 127. The van der Waals surface area contributed by atoms with Crippen molar-refractivity contribution in [3.8, 4) is 0 Å². The lowest BCUT2D eigenvalue weighted by Gasteiger charge is -2.05. The highest BCUT2D eigenvalue weighted by molar-refractivity contribution is 14.1. The molecule has 2 rings (SSSR count). The maximum absolute atomic E-state index is 4.30. The first-order valence-corrected chi connectivity index (χ1v) is 6.75. The molecule has 0 saturated heterocycles. The Morgan fingerprint density at radius 2 is 2.29 bits per heavy atom. The van der Waals surface area contributed by atoms with E-state index in [2.05, 4.69) is 61.7 Å². The average Bonchev–Trinajstić information content (AvgIpc) is 2.71. The number of halogens is 1. The first-order chi connectivity index (χ1) is 8.25. The Labute approximate surface area is 115 Å². The van der Waals surface area contributed by atoms with Gasteiger partial charge in [-0.1, -0.05) is 12.1 Å². The van der Waals surface area contributed by atoms with Crippen LogP contribution in [-0.2, 0) is 20.0 Å². The Bertz CT molecular complexity index is 479. The van der Waals surface area contributed by atoms with Crippen LogP contribution in [0, 0.1) is 3.57 Å². The molecule has 0 aliphatic heterocycles. The van der Waals surface area contributed by atoms with Crippen molar-refractivity contribution in [3.63, 3.8) is 0 Å². The zero-order valence-electron chi connectivity index (χ0n) is 9.86. The molecular weight excluding hydrogens is 325 g/mol. The van der Waals surface area contributed by atoms with E-state index in [1.165, 1.54) is 9.13 Å². The third kappa shape index (κ3) is 3.81. The van der Waals surface area contributed by atoms with Crippen molar-refractivity contribution in [3.05, 3.63) is 51.6 Å². The van der Waals surface area contributed by atoms with Gasteiger partial charge in [0, 0.05) is 42.5 Å². The third-order valence-electron chi connectivity index (χ3n) is 2.66. The standard InChI is InChI=1S/C13H16IN3/c1-17-8-7-16-13(17)5-6-15-10-11-3-2-4-12(14)9-11/h2-4,7-9,15H,5-6,10H2,1H3. The topological polar surface area (TPSA) is 29.9 Å². The molecule has 0 aliphatic rings. The lowest BCUT2D eigenvalue weighted by atomic mass is 10.2. The van der Waals surface area contributed by atoms with Crippen molar-refractivity contribution >= 4 is 22.6 Å². The highest BCUT2D eigenvalue weighted by Gasteiger charge is 1.98. The van der Waals surface area contributed by atoms with Crippen molar-refractivity contribution in [2.24, 2.45) is 7.05 Å². The first-order valence-electron chi connectivity index (χ1n) is 5.67. The molecule has 0 amide bonds. The van der Waals surface area contributed by atoms with Crippen LogP contribution in [0.5, 0.6) is 0 Å². The van der Waals surface area contributed by atoms with Crippen LogP contribution in [-0.4, -0.2) is 16.1 Å². The van der Waals surface area contributed by atoms with E-state index in [0.29, 0.717) is 0 Å². The summed E-state index contributed by atoms with van der Waals surface area (Å²) in [5, 5.41) is 3.44. The minimum Gasteiger partial charge on any atom is -0.338 e. The molecule has 0 atom stereocenters. The zero-order chi connectivity index (χ0) is 12.1. The largest absolute Gasteiger partial charge is 0.338 e. The van der Waals surface area contributed by atoms with Gasteiger partial charge in [0.2, 0.25) is 0 Å². The molecule has 17 heavy (non-hydrogen) atoms. The Balaban J connectivity index is 1.75. The van der Waals surface area contributed by atoms with Crippen LogP contribution in [0.4, 0.5) is 0 Å². The lowest BCUT2D eigenvalue weighted by molar-refractivity contribution is 0.655. The van der Waals surface area contributed by atoms with Crippen molar-refractivity contribution in [1.82, 2.24) is 14.9 Å². The molecule has 90 valence electrons. The lowest BCUT2D eigenvalue weighted by Crippen LogP contribution is -2.18. The van der Waals surface area contributed by atoms with E-state index >= 15 is 0 Å². The molecule has 0 aliphatic carbocycles. The summed E-state index contributed by atoms with van der Waals surface area (Å²) in [4.78, 5) is 4.30. The molecule has 0 spiro atoms. The summed E-state index contributed by atoms with van der Waals surface area (Å²) in [6, 6.07) is 8.56. The minimum absolute atomic E-state index is 0.918. The Morgan fingerprint density at radius 3 is 3.00 bits per heavy atom. The molecule has 0 radical (unpaired) electrons. The second-order valence-corrected chi connectivity index (χ2v) is 5.26. The van der Waals surface area contributed by atoms with Crippen LogP contribution in [0.15, 0.2) is 36.7 Å². The number of hydrogen-bond donors (Lipinski definition) is 1. The fourth-order valence-corrected chi connectivity index (χ4v) is 2.32. The summed E-state index contributed by atoms with van der Waals surface area (Å²) in [6.07, 6.45) is 4.79. The Kier molecular flexibility index (Phi) is 4.56. The van der Waals surface area contributed by atoms with Crippen LogP contribution in [0.3, 0.4) is 0 Å². The number of imidazole rings is 1. The van der Waals surface area contributed by atoms with Gasteiger partial charge in [-0.3, -0.25) is 0 Å². The molecule has 3 nitrogen and oxygen atoms in total. The number of aromatic nitrogens is 2. The summed E-state index contributed by atoms with van der Waals surface area (Å²) in [7, 11) is 2.03. The Morgan fingerprint density at radius 1 is 1.41 bits per heavy atom. The van der Waals surface area contributed by atoms with Gasteiger partial charge in [0.1, 0.15) is 5.82 Å². The Hall–Kier alpha value is -0.880. The number of benzene rings is 1. The number of hydrogen-bond acceptors (Lipinski definition) is 2. The summed E-state index contributed by atoms with van der Waals surface area (Å²) in [5.74, 6) is 1.13. The average molecular weight is 341 g/mol. The molecule has 1 heterocycles. The van der Waals surface area contributed by atoms with Gasteiger partial charge < -0.3 is 9.88 Å². The van der Waals surface area contributed by atoms with E-state index in [-0.39, 0.29) is 0 Å². The monoisotopic (exact) mass is 341 g/mol. The van der Waals surface area contributed by atoms with E-state index in [1.807, 2.05) is 19.4 Å². The number of nitrogens with one attached hydrogen (secondary N) is 1. The molecular formula is C13H16IN3. The summed E-state index contributed by atoms with van der Waals surface area (Å²) >= 11 is 2.34. The zero-order valence-corrected chi connectivity index (χ0v) is 12.0. The number of nitrogens with zero attached hydrogens (tertiary/aromatic N) is 2. The van der Waals surface area contributed by atoms with Crippen LogP contribution in [0.1, 0.15) is 11.4 Å². The van der Waals surface area contributed by atoms with E-state index < -0.39 is 0 Å². The molecule has 4 heteroatoms. The van der Waals surface area contributed by atoms with E-state index in [9.17, 15) is 0 Å². The fraction of sp³-hybridized carbons (Fsp3) is 0.308. The minimum atomic E-state index is 0.918. The smallest absolute Gasteiger partial charge is 0.109 e. The first kappa shape index (κ1) is 12.6. The summed E-state index contributed by atoms with van der Waals surface area (Å²) in [6.45, 7) is 1.87. The molecule has 0 fully saturated rings. The highest BCUT2D eigenvalue weighted by Crippen LogP contribution is 2.07. The number of rotatable bonds is 5. The van der Waals surface area contributed by atoms with E-state index in [4.69, 9.17) is 0 Å². The van der Waals surface area contributed by atoms with Gasteiger partial charge in [-0.2, -0.15) is 0 Å². The van der Waals surface area contributed by atoms with Crippen molar-refractivity contribution in [2.75, 3.05) is 6.54 Å². The van der Waals surface area contributed by atoms with Crippen molar-refractivity contribution < 1.29 is 0 Å². The quantitative estimate of drug-likeness (QED) is 0.668. The molecule has 0 saturated carbocycles. The predicted octanol–water partition coefficient (Wildman–Crippen LogP) is 2.36. The van der Waals surface area contributed by atoms with Gasteiger partial charge in [0.15, 0.2) is 0 Å². The molecule has 2 aromatic rings. The fourth-order valence-electron chi connectivity index (χ4n) is 1.72. The van der Waals surface area contributed by atoms with Gasteiger partial charge in [0.25, 0.3) is 0 Å². The molecule has 1 N–H and O–H groups in total. The predicted molar refractivity (Wildman–Crippen MR) is 77.8 cm³/mol. The van der Waals surface area contributed by atoms with Gasteiger partial charge in [-0.05, 0) is 40.3 Å². The van der Waals surface area contributed by atoms with Gasteiger partial charge in [-0.25, -0.2) is 4.98 Å². The second kappa shape index (κ2) is 6.16. The third-order valence-corrected chi connectivity index (χ3v) is 3.34. The summed E-state index contributed by atoms with van der Waals surface area (Å²) < 4.78 is 3.35.